The number of thioether (sulfide) groups is 1. The van der Waals surface area contributed by atoms with Gasteiger partial charge in [-0.1, -0.05) is 60.7 Å². The fourth-order valence-electron chi connectivity index (χ4n) is 3.41. The Balaban J connectivity index is 1.65. The molecule has 4 rings (SSSR count). The summed E-state index contributed by atoms with van der Waals surface area (Å²) in [4.78, 5) is 26.8. The second-order valence-electron chi connectivity index (χ2n) is 6.67. The van der Waals surface area contributed by atoms with Gasteiger partial charge in [0.1, 0.15) is 17.1 Å². The first-order valence-electron chi connectivity index (χ1n) is 8.79. The van der Waals surface area contributed by atoms with Gasteiger partial charge in [0.15, 0.2) is 6.10 Å². The summed E-state index contributed by atoms with van der Waals surface area (Å²) in [7, 11) is 0. The molecule has 0 aromatic heterocycles. The van der Waals surface area contributed by atoms with E-state index in [9.17, 15) is 9.59 Å². The first-order valence-corrected chi connectivity index (χ1v) is 9.83. The normalized spacial score (nSPS) is 21.7. The minimum absolute atomic E-state index is 0.185. The second-order valence-corrected chi connectivity index (χ2v) is 7.78. The number of hydrogen-bond acceptors (Lipinski definition) is 5. The van der Waals surface area contributed by atoms with Crippen molar-refractivity contribution in [3.05, 3.63) is 83.1 Å². The van der Waals surface area contributed by atoms with Crippen LogP contribution in [0.25, 0.3) is 0 Å². The largest absolute Gasteiger partial charge is 0.448 e. The molecule has 0 radical (unpaired) electrons. The summed E-state index contributed by atoms with van der Waals surface area (Å²) >= 11 is 1.58. The monoisotopic (exact) mass is 380 g/mol. The van der Waals surface area contributed by atoms with Crippen LogP contribution < -0.4 is 5.73 Å². The predicted molar refractivity (Wildman–Crippen MR) is 105 cm³/mol. The van der Waals surface area contributed by atoms with Crippen molar-refractivity contribution in [3.63, 3.8) is 0 Å². The van der Waals surface area contributed by atoms with Gasteiger partial charge in [0.05, 0.1) is 0 Å². The molecule has 2 heterocycles. The van der Waals surface area contributed by atoms with Crippen LogP contribution in [0.15, 0.2) is 71.9 Å². The van der Waals surface area contributed by atoms with Gasteiger partial charge < -0.3 is 10.5 Å². The number of carbonyl (C=O) groups excluding carboxylic acids is 2. The van der Waals surface area contributed by atoms with Gasteiger partial charge in [-0.3, -0.25) is 9.69 Å². The van der Waals surface area contributed by atoms with Crippen molar-refractivity contribution < 1.29 is 14.3 Å². The molecule has 2 aliphatic heterocycles. The van der Waals surface area contributed by atoms with Gasteiger partial charge in [-0.2, -0.15) is 0 Å². The molecule has 2 aliphatic rings. The third-order valence-corrected chi connectivity index (χ3v) is 6.27. The van der Waals surface area contributed by atoms with Crippen molar-refractivity contribution in [1.82, 2.24) is 4.90 Å². The van der Waals surface area contributed by atoms with E-state index in [0.29, 0.717) is 11.4 Å². The van der Waals surface area contributed by atoms with Crippen molar-refractivity contribution in [2.45, 2.75) is 24.4 Å². The molecule has 2 aromatic carbocycles. The summed E-state index contributed by atoms with van der Waals surface area (Å²) in [5.41, 5.74) is 8.81. The van der Waals surface area contributed by atoms with E-state index < -0.39 is 18.1 Å². The van der Waals surface area contributed by atoms with Crippen molar-refractivity contribution in [2.75, 3.05) is 5.75 Å². The van der Waals surface area contributed by atoms with E-state index in [-0.39, 0.29) is 11.3 Å². The highest BCUT2D eigenvalue weighted by atomic mass is 32.2. The maximum Gasteiger partial charge on any atom is 0.356 e. The molecule has 0 spiro atoms. The smallest absolute Gasteiger partial charge is 0.356 e. The molecule has 0 aliphatic carbocycles. The summed E-state index contributed by atoms with van der Waals surface area (Å²) in [6, 6.07) is 18.6. The molecule has 1 saturated heterocycles. The number of benzene rings is 2. The summed E-state index contributed by atoms with van der Waals surface area (Å²) in [6.07, 6.45) is -0.543. The maximum atomic E-state index is 13.1. The van der Waals surface area contributed by atoms with Crippen LogP contribution in [-0.4, -0.2) is 33.9 Å². The van der Waals surface area contributed by atoms with E-state index in [2.05, 4.69) is 0 Å². The zero-order valence-corrected chi connectivity index (χ0v) is 15.7. The van der Waals surface area contributed by atoms with Crippen LogP contribution in [0.5, 0.6) is 0 Å². The highest BCUT2D eigenvalue weighted by Crippen LogP contribution is 2.40. The average molecular weight is 380 g/mol. The standard InChI is InChI=1S/C21H20N2O3S/c1-13-12-27-20-16(22)19(24)23(20)17(13)21(25)26-18(14-8-4-2-5-9-14)15-10-6-3-7-11-15/h2-11,16,18,20H,12,22H2,1H3/t16?,20-/m1/s1. The van der Waals surface area contributed by atoms with Gasteiger partial charge >= 0.3 is 5.97 Å². The van der Waals surface area contributed by atoms with E-state index in [4.69, 9.17) is 10.5 Å². The van der Waals surface area contributed by atoms with E-state index in [1.165, 1.54) is 4.90 Å². The zero-order valence-electron chi connectivity index (χ0n) is 14.9. The Hall–Kier alpha value is -2.57. The van der Waals surface area contributed by atoms with Crippen LogP contribution in [0.4, 0.5) is 0 Å². The number of esters is 1. The quantitative estimate of drug-likeness (QED) is 0.652. The second kappa shape index (κ2) is 7.21. The molecule has 2 aromatic rings. The fraction of sp³-hybridized carbons (Fsp3) is 0.238. The Bertz CT molecular complexity index is 859. The molecule has 27 heavy (non-hydrogen) atoms. The van der Waals surface area contributed by atoms with E-state index in [0.717, 1.165) is 16.7 Å². The summed E-state index contributed by atoms with van der Waals surface area (Å²) < 4.78 is 5.93. The number of carbonyl (C=O) groups is 2. The van der Waals surface area contributed by atoms with Crippen LogP contribution in [0.3, 0.4) is 0 Å². The molecule has 1 amide bonds. The SMILES string of the molecule is CC1=C(C(=O)OC(c2ccccc2)c2ccccc2)N2C(=O)C(N)[C@H]2SC1. The Morgan fingerprint density at radius 1 is 1.11 bits per heavy atom. The summed E-state index contributed by atoms with van der Waals surface area (Å²) in [5.74, 6) is -0.0567. The lowest BCUT2D eigenvalue weighted by molar-refractivity contribution is -0.153. The van der Waals surface area contributed by atoms with Gasteiger partial charge in [0, 0.05) is 5.75 Å². The average Bonchev–Trinajstić information content (AvgIpc) is 2.72. The van der Waals surface area contributed by atoms with Crippen LogP contribution in [0.2, 0.25) is 0 Å². The molecule has 1 fully saturated rings. The van der Waals surface area contributed by atoms with E-state index in [1.54, 1.807) is 11.8 Å². The Morgan fingerprint density at radius 2 is 1.67 bits per heavy atom. The van der Waals surface area contributed by atoms with Crippen molar-refractivity contribution in [3.8, 4) is 0 Å². The minimum Gasteiger partial charge on any atom is -0.448 e. The maximum absolute atomic E-state index is 13.1. The molecular formula is C21H20N2O3S. The van der Waals surface area contributed by atoms with Crippen LogP contribution >= 0.6 is 11.8 Å². The highest BCUT2D eigenvalue weighted by Gasteiger charge is 2.51. The van der Waals surface area contributed by atoms with Crippen LogP contribution in [-0.2, 0) is 14.3 Å². The molecule has 0 saturated carbocycles. The lowest BCUT2D eigenvalue weighted by atomic mass is 10.0. The lowest BCUT2D eigenvalue weighted by Crippen LogP contribution is -2.68. The molecule has 5 nitrogen and oxygen atoms in total. The minimum atomic E-state index is -0.551. The van der Waals surface area contributed by atoms with Gasteiger partial charge in [-0.15, -0.1) is 11.8 Å². The Labute approximate surface area is 162 Å². The van der Waals surface area contributed by atoms with Gasteiger partial charge in [0.25, 0.3) is 0 Å². The number of amides is 1. The zero-order chi connectivity index (χ0) is 19.0. The Morgan fingerprint density at radius 3 is 2.22 bits per heavy atom. The highest BCUT2D eigenvalue weighted by molar-refractivity contribution is 8.00. The molecule has 0 bridgehead atoms. The first kappa shape index (κ1) is 17.8. The molecule has 1 unspecified atom stereocenters. The Kier molecular flexibility index (Phi) is 4.76. The first-order chi connectivity index (χ1) is 13.1. The van der Waals surface area contributed by atoms with Crippen LogP contribution in [0.1, 0.15) is 24.2 Å². The summed E-state index contributed by atoms with van der Waals surface area (Å²) in [6.45, 7) is 1.86. The number of nitrogens with zero attached hydrogens (tertiary/aromatic N) is 1. The van der Waals surface area contributed by atoms with Crippen molar-refractivity contribution in [1.29, 1.82) is 0 Å². The molecule has 2 atom stereocenters. The van der Waals surface area contributed by atoms with Gasteiger partial charge in [-0.05, 0) is 23.6 Å². The van der Waals surface area contributed by atoms with Crippen LogP contribution in [0, 0.1) is 0 Å². The van der Waals surface area contributed by atoms with E-state index in [1.807, 2.05) is 67.6 Å². The molecule has 2 N–H and O–H groups in total. The molecule has 6 heteroatoms. The number of hydrogen-bond donors (Lipinski definition) is 1. The number of nitrogens with two attached hydrogens (primary N) is 1. The number of β-lactam (4-membered cyclic amide) rings is 1. The van der Waals surface area contributed by atoms with Crippen molar-refractivity contribution >= 4 is 23.6 Å². The topological polar surface area (TPSA) is 72.6 Å². The van der Waals surface area contributed by atoms with Gasteiger partial charge in [-0.25, -0.2) is 4.79 Å². The molecule has 138 valence electrons. The number of fused-ring (bicyclic) bond motifs is 1. The summed E-state index contributed by atoms with van der Waals surface area (Å²) in [5, 5.41) is -0.185. The third-order valence-electron chi connectivity index (χ3n) is 4.82. The fourth-order valence-corrected chi connectivity index (χ4v) is 4.65. The molecular weight excluding hydrogens is 360 g/mol. The third kappa shape index (κ3) is 3.15. The van der Waals surface area contributed by atoms with E-state index >= 15 is 0 Å². The van der Waals surface area contributed by atoms with Crippen molar-refractivity contribution in [2.24, 2.45) is 5.73 Å². The predicted octanol–water partition coefficient (Wildman–Crippen LogP) is 2.84. The number of ether oxygens (including phenoxy) is 1. The lowest BCUT2D eigenvalue weighted by Gasteiger charge is -2.48. The van der Waals surface area contributed by atoms with Gasteiger partial charge in [0.2, 0.25) is 5.91 Å². The number of rotatable bonds is 4.